The summed E-state index contributed by atoms with van der Waals surface area (Å²) >= 11 is 0. The van der Waals surface area contributed by atoms with Crippen molar-refractivity contribution in [1.82, 2.24) is 14.6 Å². The molecule has 2 aromatic rings. The molecule has 0 bridgehead atoms. The number of likely N-dealkylation sites (N-methyl/N-ethyl adjacent to an activating group) is 1. The number of ether oxygens (including phenoxy) is 1. The molecule has 0 saturated carbocycles. The molecule has 7 heteroatoms. The summed E-state index contributed by atoms with van der Waals surface area (Å²) in [6, 6.07) is 1.50. The van der Waals surface area contributed by atoms with Crippen LogP contribution in [0.1, 0.15) is 12.0 Å². The van der Waals surface area contributed by atoms with Crippen molar-refractivity contribution in [1.29, 1.82) is 0 Å². The molecule has 4 rings (SSSR count). The molecule has 2 aromatic heterocycles. The fraction of sp³-hybridized carbons (Fsp3) is 0.444. The van der Waals surface area contributed by atoms with E-state index in [9.17, 15) is 9.59 Å². The molecule has 0 radical (unpaired) electrons. The Morgan fingerprint density at radius 1 is 1.16 bits per heavy atom. The minimum absolute atomic E-state index is 0.0768. The minimum atomic E-state index is -0.0782. The molecule has 2 aliphatic rings. The first kappa shape index (κ1) is 16.1. The van der Waals surface area contributed by atoms with E-state index in [4.69, 9.17) is 4.74 Å². The predicted octanol–water partition coefficient (Wildman–Crippen LogP) is 0.377. The van der Waals surface area contributed by atoms with Crippen LogP contribution >= 0.6 is 0 Å². The maximum absolute atomic E-state index is 13.3. The van der Waals surface area contributed by atoms with Crippen LogP contribution in [0.15, 0.2) is 34.1 Å². The third kappa shape index (κ3) is 2.89. The predicted molar refractivity (Wildman–Crippen MR) is 97.7 cm³/mol. The quantitative estimate of drug-likeness (QED) is 0.854. The second-order valence-electron chi connectivity index (χ2n) is 6.59. The fourth-order valence-corrected chi connectivity index (χ4v) is 3.50. The first-order chi connectivity index (χ1) is 12.1. The van der Waals surface area contributed by atoms with Crippen molar-refractivity contribution >= 4 is 16.5 Å². The lowest BCUT2D eigenvalue weighted by molar-refractivity contribution is 0.110. The SMILES string of the molecule is CN1CC=C(c2c(=O)n(N3CCOCC3)cc3c(=O)cc[nH]c23)CC1. The topological polar surface area (TPSA) is 70.6 Å². The highest BCUT2D eigenvalue weighted by Gasteiger charge is 2.21. The number of nitrogens with zero attached hydrogens (tertiary/aromatic N) is 3. The molecule has 0 unspecified atom stereocenters. The van der Waals surface area contributed by atoms with Gasteiger partial charge >= 0.3 is 0 Å². The van der Waals surface area contributed by atoms with Crippen molar-refractivity contribution in [2.24, 2.45) is 0 Å². The van der Waals surface area contributed by atoms with Crippen LogP contribution in [0.5, 0.6) is 0 Å². The lowest BCUT2D eigenvalue weighted by Gasteiger charge is -2.31. The standard InChI is InChI=1S/C18H22N4O3/c1-20-6-3-13(4-7-20)16-17-14(15(23)2-5-19-17)12-22(18(16)24)21-8-10-25-11-9-21/h2-3,5,12,19H,4,6-11H2,1H3. The van der Waals surface area contributed by atoms with Crippen LogP contribution in [0.2, 0.25) is 0 Å². The first-order valence-electron chi connectivity index (χ1n) is 8.63. The van der Waals surface area contributed by atoms with E-state index in [1.54, 1.807) is 17.1 Å². The smallest absolute Gasteiger partial charge is 0.278 e. The summed E-state index contributed by atoms with van der Waals surface area (Å²) in [4.78, 5) is 31.0. The van der Waals surface area contributed by atoms with Crippen LogP contribution in [-0.4, -0.2) is 61.0 Å². The summed E-state index contributed by atoms with van der Waals surface area (Å²) in [5, 5.41) is 2.50. The molecule has 25 heavy (non-hydrogen) atoms. The largest absolute Gasteiger partial charge is 0.378 e. The van der Waals surface area contributed by atoms with Crippen molar-refractivity contribution < 1.29 is 4.74 Å². The van der Waals surface area contributed by atoms with E-state index < -0.39 is 0 Å². The van der Waals surface area contributed by atoms with Crippen molar-refractivity contribution in [3.05, 3.63) is 50.7 Å². The van der Waals surface area contributed by atoms with Crippen LogP contribution in [0, 0.1) is 0 Å². The van der Waals surface area contributed by atoms with E-state index in [0.717, 1.165) is 25.1 Å². The van der Waals surface area contributed by atoms with Gasteiger partial charge in [-0.25, -0.2) is 4.68 Å². The van der Waals surface area contributed by atoms with Crippen LogP contribution in [0.25, 0.3) is 16.5 Å². The van der Waals surface area contributed by atoms with E-state index in [1.165, 1.54) is 6.07 Å². The van der Waals surface area contributed by atoms with Crippen LogP contribution in [-0.2, 0) is 4.74 Å². The number of aromatic nitrogens is 2. The highest BCUT2D eigenvalue weighted by Crippen LogP contribution is 2.24. The Bertz CT molecular complexity index is 937. The summed E-state index contributed by atoms with van der Waals surface area (Å²) in [6.45, 7) is 4.14. The van der Waals surface area contributed by atoms with Gasteiger partial charge in [-0.3, -0.25) is 9.59 Å². The van der Waals surface area contributed by atoms with Gasteiger partial charge in [0.05, 0.1) is 42.8 Å². The van der Waals surface area contributed by atoms with Crippen molar-refractivity contribution in [2.75, 3.05) is 51.4 Å². The first-order valence-corrected chi connectivity index (χ1v) is 8.63. The zero-order valence-electron chi connectivity index (χ0n) is 14.3. The number of hydrogen-bond acceptors (Lipinski definition) is 5. The molecular formula is C18H22N4O3. The number of hydrogen-bond donors (Lipinski definition) is 1. The molecule has 0 spiro atoms. The van der Waals surface area contributed by atoms with Gasteiger partial charge in [-0.2, -0.15) is 0 Å². The van der Waals surface area contributed by atoms with Gasteiger partial charge in [-0.05, 0) is 19.0 Å². The number of H-pyrrole nitrogens is 1. The molecule has 1 fully saturated rings. The Labute approximate surface area is 145 Å². The molecular weight excluding hydrogens is 320 g/mol. The number of fused-ring (bicyclic) bond motifs is 1. The van der Waals surface area contributed by atoms with E-state index >= 15 is 0 Å². The maximum atomic E-state index is 13.3. The van der Waals surface area contributed by atoms with Gasteiger partial charge in [0.2, 0.25) is 0 Å². The second kappa shape index (κ2) is 6.50. The van der Waals surface area contributed by atoms with Crippen molar-refractivity contribution in [3.8, 4) is 0 Å². The van der Waals surface area contributed by atoms with Crippen LogP contribution < -0.4 is 16.0 Å². The summed E-state index contributed by atoms with van der Waals surface area (Å²) in [5.41, 5.74) is 2.11. The monoisotopic (exact) mass is 342 g/mol. The average molecular weight is 342 g/mol. The Balaban J connectivity index is 1.96. The van der Waals surface area contributed by atoms with Gasteiger partial charge in [-0.15, -0.1) is 0 Å². The number of morpholine rings is 1. The van der Waals surface area contributed by atoms with E-state index in [1.807, 2.05) is 5.01 Å². The lowest BCUT2D eigenvalue weighted by atomic mass is 9.98. The zero-order chi connectivity index (χ0) is 17.4. The summed E-state index contributed by atoms with van der Waals surface area (Å²) in [5.74, 6) is 0. The Kier molecular flexibility index (Phi) is 4.19. The van der Waals surface area contributed by atoms with Crippen molar-refractivity contribution in [2.45, 2.75) is 6.42 Å². The fourth-order valence-electron chi connectivity index (χ4n) is 3.50. The minimum Gasteiger partial charge on any atom is -0.378 e. The van der Waals surface area contributed by atoms with E-state index in [-0.39, 0.29) is 11.0 Å². The number of nitrogens with one attached hydrogen (secondary N) is 1. The van der Waals surface area contributed by atoms with Gasteiger partial charge in [-0.1, -0.05) is 6.08 Å². The van der Waals surface area contributed by atoms with E-state index in [0.29, 0.717) is 42.8 Å². The molecule has 4 heterocycles. The second-order valence-corrected chi connectivity index (χ2v) is 6.59. The maximum Gasteiger partial charge on any atom is 0.278 e. The Morgan fingerprint density at radius 3 is 2.68 bits per heavy atom. The summed E-state index contributed by atoms with van der Waals surface area (Å²) < 4.78 is 6.99. The summed E-state index contributed by atoms with van der Waals surface area (Å²) in [6.07, 6.45) is 6.17. The van der Waals surface area contributed by atoms with Crippen LogP contribution in [0.4, 0.5) is 0 Å². The number of aromatic amines is 1. The lowest BCUT2D eigenvalue weighted by Crippen LogP contribution is -2.49. The summed E-state index contributed by atoms with van der Waals surface area (Å²) in [7, 11) is 2.06. The highest BCUT2D eigenvalue weighted by molar-refractivity contribution is 5.90. The highest BCUT2D eigenvalue weighted by atomic mass is 16.5. The number of rotatable bonds is 2. The average Bonchev–Trinajstić information content (AvgIpc) is 2.63. The van der Waals surface area contributed by atoms with E-state index in [2.05, 4.69) is 23.0 Å². The Morgan fingerprint density at radius 2 is 1.96 bits per heavy atom. The normalized spacial score (nSPS) is 19.2. The molecule has 0 aromatic carbocycles. The molecule has 132 valence electrons. The third-order valence-corrected chi connectivity index (χ3v) is 4.95. The Hall–Kier alpha value is -2.38. The molecule has 2 aliphatic heterocycles. The molecule has 7 nitrogen and oxygen atoms in total. The zero-order valence-corrected chi connectivity index (χ0v) is 14.3. The molecule has 1 N–H and O–H groups in total. The number of pyridine rings is 2. The molecule has 0 atom stereocenters. The molecule has 0 aliphatic carbocycles. The van der Waals surface area contributed by atoms with Gasteiger partial charge in [0.25, 0.3) is 5.56 Å². The van der Waals surface area contributed by atoms with Gasteiger partial charge < -0.3 is 19.6 Å². The molecule has 1 saturated heterocycles. The third-order valence-electron chi connectivity index (χ3n) is 4.95. The molecule has 0 amide bonds. The van der Waals surface area contributed by atoms with Gasteiger partial charge in [0.15, 0.2) is 5.43 Å². The van der Waals surface area contributed by atoms with Gasteiger partial charge in [0.1, 0.15) is 0 Å². The van der Waals surface area contributed by atoms with Crippen molar-refractivity contribution in [3.63, 3.8) is 0 Å². The van der Waals surface area contributed by atoms with Gasteiger partial charge in [0, 0.05) is 31.5 Å². The van der Waals surface area contributed by atoms with Crippen LogP contribution in [0.3, 0.4) is 0 Å².